The molecule has 4 rings (SSSR count). The van der Waals surface area contributed by atoms with Gasteiger partial charge in [-0.1, -0.05) is 12.8 Å². The van der Waals surface area contributed by atoms with E-state index in [0.29, 0.717) is 6.04 Å². The normalized spacial score (nSPS) is 24.5. The number of aromatic nitrogens is 4. The minimum Gasteiger partial charge on any atom is -0.353 e. The van der Waals surface area contributed by atoms with Gasteiger partial charge < -0.3 is 9.88 Å². The van der Waals surface area contributed by atoms with E-state index in [1.165, 1.54) is 51.6 Å². The van der Waals surface area contributed by atoms with Gasteiger partial charge in [-0.2, -0.15) is 0 Å². The molecule has 0 bridgehead atoms. The monoisotopic (exact) mass is 300 g/mol. The van der Waals surface area contributed by atoms with Crippen LogP contribution >= 0.6 is 0 Å². The first-order chi connectivity index (χ1) is 10.9. The van der Waals surface area contributed by atoms with Crippen molar-refractivity contribution in [2.45, 2.75) is 44.6 Å². The summed E-state index contributed by atoms with van der Waals surface area (Å²) in [6.07, 6.45) is 11.4. The number of hydrogen-bond acceptors (Lipinski definition) is 5. The molecule has 1 N–H and O–H groups in total. The van der Waals surface area contributed by atoms with E-state index in [4.69, 9.17) is 0 Å². The van der Waals surface area contributed by atoms with Crippen molar-refractivity contribution < 1.29 is 0 Å². The molecule has 0 saturated carbocycles. The van der Waals surface area contributed by atoms with Gasteiger partial charge in [-0.15, -0.1) is 0 Å². The predicted octanol–water partition coefficient (Wildman–Crippen LogP) is 2.20. The van der Waals surface area contributed by atoms with E-state index in [1.54, 1.807) is 12.7 Å². The lowest BCUT2D eigenvalue weighted by Crippen LogP contribution is -2.48. The highest BCUT2D eigenvalue weighted by Crippen LogP contribution is 2.26. The molecule has 0 spiro atoms. The SMILES string of the molecule is c1nc(N2CCCC(N3CCCCCC3)C2)c2[nH]cnc2n1. The van der Waals surface area contributed by atoms with E-state index in [2.05, 4.69) is 29.7 Å². The van der Waals surface area contributed by atoms with Crippen LogP contribution in [0.25, 0.3) is 11.2 Å². The van der Waals surface area contributed by atoms with Crippen molar-refractivity contribution >= 4 is 17.0 Å². The molecule has 6 heteroatoms. The average molecular weight is 300 g/mol. The summed E-state index contributed by atoms with van der Waals surface area (Å²) in [5, 5.41) is 0. The molecule has 2 aromatic rings. The second kappa shape index (κ2) is 6.20. The Morgan fingerprint density at radius 2 is 1.82 bits per heavy atom. The number of likely N-dealkylation sites (tertiary alicyclic amines) is 1. The highest BCUT2D eigenvalue weighted by atomic mass is 15.3. The molecular weight excluding hydrogens is 276 g/mol. The number of hydrogen-bond donors (Lipinski definition) is 1. The van der Waals surface area contributed by atoms with Crippen LogP contribution in [0, 0.1) is 0 Å². The number of rotatable bonds is 2. The second-order valence-corrected chi connectivity index (χ2v) is 6.49. The Labute approximate surface area is 131 Å². The summed E-state index contributed by atoms with van der Waals surface area (Å²) in [6.45, 7) is 4.68. The molecule has 2 aliphatic rings. The third-order valence-electron chi connectivity index (χ3n) is 5.06. The minimum atomic E-state index is 0.666. The van der Waals surface area contributed by atoms with Gasteiger partial charge in [-0.05, 0) is 38.8 Å². The molecule has 0 radical (unpaired) electrons. The van der Waals surface area contributed by atoms with Crippen LogP contribution in [0.15, 0.2) is 12.7 Å². The van der Waals surface area contributed by atoms with Crippen molar-refractivity contribution in [1.29, 1.82) is 0 Å². The topological polar surface area (TPSA) is 60.9 Å². The van der Waals surface area contributed by atoms with Crippen LogP contribution in [0.4, 0.5) is 5.82 Å². The number of imidazole rings is 1. The number of piperidine rings is 1. The molecule has 0 amide bonds. The van der Waals surface area contributed by atoms with Gasteiger partial charge in [0.05, 0.1) is 6.33 Å². The molecule has 22 heavy (non-hydrogen) atoms. The standard InChI is InChI=1S/C16H24N6/c1-2-4-8-21(7-3-1)13-6-5-9-22(10-13)16-14-15(18-11-17-14)19-12-20-16/h11-13H,1-10H2,(H,17,18,19,20). The molecule has 6 nitrogen and oxygen atoms in total. The fourth-order valence-corrected chi connectivity index (χ4v) is 3.90. The minimum absolute atomic E-state index is 0.666. The Morgan fingerprint density at radius 1 is 0.955 bits per heavy atom. The lowest BCUT2D eigenvalue weighted by molar-refractivity contribution is 0.182. The number of aromatic amines is 1. The van der Waals surface area contributed by atoms with Crippen LogP contribution in [-0.4, -0.2) is 57.1 Å². The summed E-state index contributed by atoms with van der Waals surface area (Å²) in [6, 6.07) is 0.666. The summed E-state index contributed by atoms with van der Waals surface area (Å²) in [5.41, 5.74) is 1.74. The molecular formula is C16H24N6. The van der Waals surface area contributed by atoms with E-state index < -0.39 is 0 Å². The summed E-state index contributed by atoms with van der Waals surface area (Å²) < 4.78 is 0. The fraction of sp³-hybridized carbons (Fsp3) is 0.688. The maximum Gasteiger partial charge on any atom is 0.182 e. The fourth-order valence-electron chi connectivity index (χ4n) is 3.90. The van der Waals surface area contributed by atoms with Crippen molar-refractivity contribution in [2.24, 2.45) is 0 Å². The van der Waals surface area contributed by atoms with Crippen LogP contribution in [-0.2, 0) is 0 Å². The van der Waals surface area contributed by atoms with E-state index in [1.807, 2.05) is 0 Å². The second-order valence-electron chi connectivity index (χ2n) is 6.49. The van der Waals surface area contributed by atoms with Crippen molar-refractivity contribution in [3.05, 3.63) is 12.7 Å². The summed E-state index contributed by atoms with van der Waals surface area (Å²) in [7, 11) is 0. The highest BCUT2D eigenvalue weighted by molar-refractivity contribution is 5.82. The Bertz CT molecular complexity index is 616. The largest absolute Gasteiger partial charge is 0.353 e. The van der Waals surface area contributed by atoms with Gasteiger partial charge in [0.2, 0.25) is 0 Å². The third-order valence-corrected chi connectivity index (χ3v) is 5.06. The Balaban J connectivity index is 1.54. The molecule has 0 aromatic carbocycles. The zero-order valence-electron chi connectivity index (χ0n) is 13.0. The lowest BCUT2D eigenvalue weighted by atomic mass is 10.0. The summed E-state index contributed by atoms with van der Waals surface area (Å²) in [5.74, 6) is 1.02. The maximum absolute atomic E-state index is 4.53. The Morgan fingerprint density at radius 3 is 2.68 bits per heavy atom. The van der Waals surface area contributed by atoms with Gasteiger partial charge in [-0.25, -0.2) is 15.0 Å². The smallest absolute Gasteiger partial charge is 0.182 e. The number of anilines is 1. The van der Waals surface area contributed by atoms with Gasteiger partial charge >= 0.3 is 0 Å². The van der Waals surface area contributed by atoms with Crippen LogP contribution in [0.2, 0.25) is 0 Å². The van der Waals surface area contributed by atoms with Crippen LogP contribution < -0.4 is 4.90 Å². The van der Waals surface area contributed by atoms with Gasteiger partial charge in [0.1, 0.15) is 11.8 Å². The van der Waals surface area contributed by atoms with Crippen molar-refractivity contribution in [1.82, 2.24) is 24.8 Å². The Kier molecular flexibility index (Phi) is 3.93. The van der Waals surface area contributed by atoms with Crippen LogP contribution in [0.3, 0.4) is 0 Å². The molecule has 1 atom stereocenters. The molecule has 2 aliphatic heterocycles. The molecule has 4 heterocycles. The zero-order valence-corrected chi connectivity index (χ0v) is 13.0. The van der Waals surface area contributed by atoms with Gasteiger partial charge in [-0.3, -0.25) is 4.90 Å². The number of H-pyrrole nitrogens is 1. The Hall–Kier alpha value is -1.69. The van der Waals surface area contributed by atoms with E-state index in [0.717, 1.165) is 30.1 Å². The first kappa shape index (κ1) is 13.9. The van der Waals surface area contributed by atoms with Crippen molar-refractivity contribution in [2.75, 3.05) is 31.1 Å². The molecule has 2 saturated heterocycles. The highest BCUT2D eigenvalue weighted by Gasteiger charge is 2.27. The van der Waals surface area contributed by atoms with Gasteiger partial charge in [0, 0.05) is 19.1 Å². The van der Waals surface area contributed by atoms with Gasteiger partial charge in [0.15, 0.2) is 11.5 Å². The summed E-state index contributed by atoms with van der Waals surface area (Å²) in [4.78, 5) is 21.3. The molecule has 118 valence electrons. The number of nitrogens with zero attached hydrogens (tertiary/aromatic N) is 5. The zero-order chi connectivity index (χ0) is 14.8. The number of nitrogens with one attached hydrogen (secondary N) is 1. The van der Waals surface area contributed by atoms with Gasteiger partial charge in [0.25, 0.3) is 0 Å². The first-order valence-corrected chi connectivity index (χ1v) is 8.55. The molecule has 2 aromatic heterocycles. The van der Waals surface area contributed by atoms with Crippen LogP contribution in [0.1, 0.15) is 38.5 Å². The first-order valence-electron chi connectivity index (χ1n) is 8.55. The van der Waals surface area contributed by atoms with E-state index >= 15 is 0 Å². The predicted molar refractivity (Wildman–Crippen MR) is 87.0 cm³/mol. The van der Waals surface area contributed by atoms with E-state index in [9.17, 15) is 0 Å². The molecule has 1 unspecified atom stereocenters. The molecule has 0 aliphatic carbocycles. The molecule has 2 fully saturated rings. The van der Waals surface area contributed by atoms with E-state index in [-0.39, 0.29) is 0 Å². The lowest BCUT2D eigenvalue weighted by Gasteiger charge is -2.39. The number of fused-ring (bicyclic) bond motifs is 1. The van der Waals surface area contributed by atoms with Crippen molar-refractivity contribution in [3.63, 3.8) is 0 Å². The maximum atomic E-state index is 4.53. The van der Waals surface area contributed by atoms with Crippen LogP contribution in [0.5, 0.6) is 0 Å². The quantitative estimate of drug-likeness (QED) is 0.921. The summed E-state index contributed by atoms with van der Waals surface area (Å²) >= 11 is 0. The third kappa shape index (κ3) is 2.67. The average Bonchev–Trinajstić information content (AvgIpc) is 2.88. The van der Waals surface area contributed by atoms with Crippen molar-refractivity contribution in [3.8, 4) is 0 Å².